The van der Waals surface area contributed by atoms with Crippen molar-refractivity contribution in [3.8, 4) is 0 Å². The molecule has 6 heteroatoms. The molecule has 0 aromatic heterocycles. The standard InChI is InChI=1S/C47H87NO5/c1-4-7-10-13-16-19-21-23-25-28-30-33-36-39-45(50)44(42-49)48-46(51)41-43(38-35-32-29-27-24-22-20-17-14-11-8-5-2)53-47(52)40-37-34-31-26-18-15-12-9-6-3/h8,11,17,20,24,27,43-45,49-50H,4-7,9-10,12-16,18-19,21-23,25-26,28-42H2,1-3H3,(H,48,51)/b11-8+,20-17+,27-24+. The van der Waals surface area contributed by atoms with Crippen LogP contribution in [0.2, 0.25) is 0 Å². The number of amides is 1. The Morgan fingerprint density at radius 3 is 1.53 bits per heavy atom. The van der Waals surface area contributed by atoms with Crippen LogP contribution in [0.5, 0.6) is 0 Å². The van der Waals surface area contributed by atoms with Crippen molar-refractivity contribution in [3.05, 3.63) is 36.5 Å². The third kappa shape index (κ3) is 36.8. The Hall–Kier alpha value is -1.92. The lowest BCUT2D eigenvalue weighted by Gasteiger charge is -2.24. The molecule has 0 fully saturated rings. The first-order chi connectivity index (χ1) is 26.0. The van der Waals surface area contributed by atoms with Gasteiger partial charge in [-0.3, -0.25) is 9.59 Å². The fraction of sp³-hybridized carbons (Fsp3) is 0.830. The highest BCUT2D eigenvalue weighted by molar-refractivity contribution is 5.77. The largest absolute Gasteiger partial charge is 0.462 e. The van der Waals surface area contributed by atoms with E-state index in [9.17, 15) is 19.8 Å². The van der Waals surface area contributed by atoms with E-state index < -0.39 is 18.2 Å². The number of allylic oxidation sites excluding steroid dienone is 6. The van der Waals surface area contributed by atoms with E-state index in [2.05, 4.69) is 62.5 Å². The van der Waals surface area contributed by atoms with Gasteiger partial charge in [-0.2, -0.15) is 0 Å². The van der Waals surface area contributed by atoms with E-state index in [0.717, 1.165) is 77.0 Å². The van der Waals surface area contributed by atoms with E-state index in [4.69, 9.17) is 4.74 Å². The number of carbonyl (C=O) groups excluding carboxylic acids is 2. The van der Waals surface area contributed by atoms with Crippen molar-refractivity contribution in [2.75, 3.05) is 6.61 Å². The number of aliphatic hydroxyl groups excluding tert-OH is 2. The highest BCUT2D eigenvalue weighted by Gasteiger charge is 2.24. The first kappa shape index (κ1) is 51.1. The van der Waals surface area contributed by atoms with Gasteiger partial charge in [0.2, 0.25) is 5.91 Å². The summed E-state index contributed by atoms with van der Waals surface area (Å²) in [4.78, 5) is 25.9. The average Bonchev–Trinajstić information content (AvgIpc) is 3.15. The zero-order valence-electron chi connectivity index (χ0n) is 35.1. The lowest BCUT2D eigenvalue weighted by atomic mass is 10.0. The minimum absolute atomic E-state index is 0.0541. The first-order valence-electron chi connectivity index (χ1n) is 22.7. The molecule has 3 atom stereocenters. The minimum atomic E-state index is -0.793. The molecule has 0 aliphatic heterocycles. The van der Waals surface area contributed by atoms with Crippen LogP contribution in [0.25, 0.3) is 0 Å². The third-order valence-corrected chi connectivity index (χ3v) is 10.2. The summed E-state index contributed by atoms with van der Waals surface area (Å²) in [5, 5.41) is 23.6. The van der Waals surface area contributed by atoms with Crippen molar-refractivity contribution < 1.29 is 24.5 Å². The molecule has 3 N–H and O–H groups in total. The molecule has 0 heterocycles. The second-order valence-electron chi connectivity index (χ2n) is 15.4. The SMILES string of the molecule is CC/C=C/C/C=C/C/C=C/CCCCC(CC(=O)NC(CO)C(O)CCCCCCCCCCCCCCC)OC(=O)CCCCCCCCCCC. The molecule has 0 bridgehead atoms. The van der Waals surface area contributed by atoms with Gasteiger partial charge in [0.05, 0.1) is 25.2 Å². The summed E-state index contributed by atoms with van der Waals surface area (Å²) < 4.78 is 5.86. The predicted molar refractivity (Wildman–Crippen MR) is 227 cm³/mol. The summed E-state index contributed by atoms with van der Waals surface area (Å²) in [5.41, 5.74) is 0. The number of esters is 1. The lowest BCUT2D eigenvalue weighted by molar-refractivity contribution is -0.151. The number of hydrogen-bond donors (Lipinski definition) is 3. The van der Waals surface area contributed by atoms with Gasteiger partial charge >= 0.3 is 5.97 Å². The Morgan fingerprint density at radius 2 is 1.02 bits per heavy atom. The van der Waals surface area contributed by atoms with E-state index in [1.54, 1.807) is 0 Å². The third-order valence-electron chi connectivity index (χ3n) is 10.2. The Kier molecular flexibility index (Phi) is 39.8. The molecule has 0 aromatic rings. The van der Waals surface area contributed by atoms with Crippen molar-refractivity contribution in [2.45, 2.75) is 244 Å². The summed E-state index contributed by atoms with van der Waals surface area (Å²) in [6.45, 7) is 6.33. The minimum Gasteiger partial charge on any atom is -0.462 e. The van der Waals surface area contributed by atoms with Crippen LogP contribution in [0.1, 0.15) is 226 Å². The van der Waals surface area contributed by atoms with E-state index in [-0.39, 0.29) is 24.9 Å². The van der Waals surface area contributed by atoms with Gasteiger partial charge in [-0.05, 0) is 57.8 Å². The number of aliphatic hydroxyl groups is 2. The number of ether oxygens (including phenoxy) is 1. The zero-order chi connectivity index (χ0) is 38.9. The zero-order valence-corrected chi connectivity index (χ0v) is 35.1. The van der Waals surface area contributed by atoms with Crippen LogP contribution in [-0.2, 0) is 14.3 Å². The van der Waals surface area contributed by atoms with Gasteiger partial charge < -0.3 is 20.3 Å². The van der Waals surface area contributed by atoms with Gasteiger partial charge in [-0.15, -0.1) is 0 Å². The molecule has 0 aliphatic rings. The van der Waals surface area contributed by atoms with Crippen molar-refractivity contribution in [1.29, 1.82) is 0 Å². The quantitative estimate of drug-likeness (QED) is 0.0330. The average molecular weight is 746 g/mol. The maximum atomic E-state index is 13.1. The number of unbranched alkanes of at least 4 members (excludes halogenated alkanes) is 22. The predicted octanol–water partition coefficient (Wildman–Crippen LogP) is 12.9. The molecule has 0 aliphatic carbocycles. The van der Waals surface area contributed by atoms with Gasteiger partial charge in [-0.1, -0.05) is 192 Å². The van der Waals surface area contributed by atoms with Crippen LogP contribution < -0.4 is 5.32 Å². The molecule has 310 valence electrons. The molecule has 6 nitrogen and oxygen atoms in total. The fourth-order valence-corrected chi connectivity index (χ4v) is 6.80. The summed E-state index contributed by atoms with van der Waals surface area (Å²) >= 11 is 0. The molecule has 3 unspecified atom stereocenters. The van der Waals surface area contributed by atoms with Gasteiger partial charge in [0, 0.05) is 6.42 Å². The topological polar surface area (TPSA) is 95.9 Å². The van der Waals surface area contributed by atoms with E-state index in [1.807, 2.05) is 0 Å². The summed E-state index contributed by atoms with van der Waals surface area (Å²) in [5.74, 6) is -0.512. The molecule has 53 heavy (non-hydrogen) atoms. The van der Waals surface area contributed by atoms with Crippen LogP contribution in [0.15, 0.2) is 36.5 Å². The Labute approximate surface area is 328 Å². The highest BCUT2D eigenvalue weighted by atomic mass is 16.5. The highest BCUT2D eigenvalue weighted by Crippen LogP contribution is 2.17. The molecular weight excluding hydrogens is 659 g/mol. The Morgan fingerprint density at radius 1 is 0.566 bits per heavy atom. The van der Waals surface area contributed by atoms with E-state index in [1.165, 1.54) is 103 Å². The molecular formula is C47H87NO5. The van der Waals surface area contributed by atoms with Crippen molar-refractivity contribution in [2.24, 2.45) is 0 Å². The van der Waals surface area contributed by atoms with Crippen molar-refractivity contribution in [1.82, 2.24) is 5.32 Å². The maximum absolute atomic E-state index is 13.1. The van der Waals surface area contributed by atoms with Gasteiger partial charge in [0.1, 0.15) is 6.10 Å². The molecule has 0 aromatic carbocycles. The van der Waals surface area contributed by atoms with Crippen LogP contribution in [0, 0.1) is 0 Å². The molecule has 0 radical (unpaired) electrons. The van der Waals surface area contributed by atoms with Crippen LogP contribution in [0.4, 0.5) is 0 Å². The van der Waals surface area contributed by atoms with Crippen LogP contribution in [-0.4, -0.2) is 46.9 Å². The second kappa shape index (κ2) is 41.2. The lowest BCUT2D eigenvalue weighted by Crippen LogP contribution is -2.46. The van der Waals surface area contributed by atoms with Crippen LogP contribution >= 0.6 is 0 Å². The number of carbonyl (C=O) groups is 2. The molecule has 0 saturated carbocycles. The van der Waals surface area contributed by atoms with Crippen molar-refractivity contribution in [3.63, 3.8) is 0 Å². The molecule has 0 rings (SSSR count). The first-order valence-corrected chi connectivity index (χ1v) is 22.7. The number of rotatable bonds is 40. The van der Waals surface area contributed by atoms with Crippen LogP contribution in [0.3, 0.4) is 0 Å². The smallest absolute Gasteiger partial charge is 0.306 e. The Bertz CT molecular complexity index is 884. The van der Waals surface area contributed by atoms with Crippen molar-refractivity contribution >= 4 is 11.9 Å². The van der Waals surface area contributed by atoms with Gasteiger partial charge in [0.25, 0.3) is 0 Å². The van der Waals surface area contributed by atoms with Gasteiger partial charge in [0.15, 0.2) is 0 Å². The Balaban J connectivity index is 4.60. The van der Waals surface area contributed by atoms with E-state index in [0.29, 0.717) is 19.3 Å². The summed E-state index contributed by atoms with van der Waals surface area (Å²) in [7, 11) is 0. The second-order valence-corrected chi connectivity index (χ2v) is 15.4. The maximum Gasteiger partial charge on any atom is 0.306 e. The number of nitrogens with one attached hydrogen (secondary N) is 1. The van der Waals surface area contributed by atoms with E-state index >= 15 is 0 Å². The molecule has 1 amide bonds. The molecule has 0 saturated heterocycles. The summed E-state index contributed by atoms with van der Waals surface area (Å²) in [6.07, 6.45) is 46.4. The molecule has 0 spiro atoms. The fourth-order valence-electron chi connectivity index (χ4n) is 6.80. The van der Waals surface area contributed by atoms with Gasteiger partial charge in [-0.25, -0.2) is 0 Å². The monoisotopic (exact) mass is 746 g/mol. The number of hydrogen-bond acceptors (Lipinski definition) is 5. The summed E-state index contributed by atoms with van der Waals surface area (Å²) in [6, 6.07) is -0.708. The normalized spacial score (nSPS) is 13.7.